The van der Waals surface area contributed by atoms with Crippen LogP contribution in [0, 0.1) is 0 Å². The fourth-order valence-corrected chi connectivity index (χ4v) is 1.84. The summed E-state index contributed by atoms with van der Waals surface area (Å²) in [5.41, 5.74) is 0. The van der Waals surface area contributed by atoms with Crippen LogP contribution in [0.25, 0.3) is 0 Å². The summed E-state index contributed by atoms with van der Waals surface area (Å²) in [4.78, 5) is 13.5. The predicted molar refractivity (Wildman–Crippen MR) is 49.0 cm³/mol. The van der Waals surface area contributed by atoms with Crippen molar-refractivity contribution < 1.29 is 4.79 Å². The van der Waals surface area contributed by atoms with Crippen LogP contribution >= 0.6 is 0 Å². The van der Waals surface area contributed by atoms with Gasteiger partial charge in [0.2, 0.25) is 5.91 Å². The second-order valence-electron chi connectivity index (χ2n) is 3.32. The molecule has 3 nitrogen and oxygen atoms in total. The van der Waals surface area contributed by atoms with Gasteiger partial charge in [-0.05, 0) is 26.3 Å². The van der Waals surface area contributed by atoms with Gasteiger partial charge in [0.25, 0.3) is 0 Å². The fourth-order valence-electron chi connectivity index (χ4n) is 1.84. The average Bonchev–Trinajstić information content (AvgIpc) is 2.51. The molecular formula is C9H18N2O. The third-order valence-corrected chi connectivity index (χ3v) is 2.50. The maximum absolute atomic E-state index is 11.5. The van der Waals surface area contributed by atoms with E-state index in [1.54, 1.807) is 0 Å². The number of likely N-dealkylation sites (tertiary alicyclic amines) is 1. The molecule has 1 aliphatic rings. The first-order chi connectivity index (χ1) is 5.79. The Morgan fingerprint density at radius 2 is 2.42 bits per heavy atom. The van der Waals surface area contributed by atoms with Gasteiger partial charge < -0.3 is 10.2 Å². The number of likely N-dealkylation sites (N-methyl/N-ethyl adjacent to an activating group) is 1. The Kier molecular flexibility index (Phi) is 3.53. The minimum Gasteiger partial charge on any atom is -0.339 e. The van der Waals surface area contributed by atoms with Crippen LogP contribution < -0.4 is 5.32 Å². The summed E-state index contributed by atoms with van der Waals surface area (Å²) in [7, 11) is 1.81. The molecule has 1 saturated heterocycles. The van der Waals surface area contributed by atoms with Crippen molar-refractivity contribution in [2.75, 3.05) is 20.1 Å². The molecule has 1 heterocycles. The van der Waals surface area contributed by atoms with Gasteiger partial charge in [-0.15, -0.1) is 0 Å². The van der Waals surface area contributed by atoms with E-state index in [1.165, 1.54) is 12.8 Å². The molecule has 1 rings (SSSR count). The van der Waals surface area contributed by atoms with E-state index in [0.29, 0.717) is 12.6 Å². The van der Waals surface area contributed by atoms with Gasteiger partial charge in [-0.3, -0.25) is 4.79 Å². The van der Waals surface area contributed by atoms with Gasteiger partial charge in [0.05, 0.1) is 6.54 Å². The molecule has 70 valence electrons. The van der Waals surface area contributed by atoms with Gasteiger partial charge in [0.1, 0.15) is 0 Å². The molecule has 1 unspecified atom stereocenters. The van der Waals surface area contributed by atoms with Crippen LogP contribution in [0.15, 0.2) is 0 Å². The lowest BCUT2D eigenvalue weighted by molar-refractivity contribution is -0.130. The largest absolute Gasteiger partial charge is 0.339 e. The summed E-state index contributed by atoms with van der Waals surface area (Å²) >= 11 is 0. The summed E-state index contributed by atoms with van der Waals surface area (Å²) in [5, 5.41) is 2.90. The molecule has 1 fully saturated rings. The zero-order valence-corrected chi connectivity index (χ0v) is 7.97. The van der Waals surface area contributed by atoms with Crippen molar-refractivity contribution in [1.82, 2.24) is 10.2 Å². The molecule has 1 amide bonds. The third kappa shape index (κ3) is 1.97. The summed E-state index contributed by atoms with van der Waals surface area (Å²) in [6.45, 7) is 3.59. The van der Waals surface area contributed by atoms with Crippen LogP contribution in [0.2, 0.25) is 0 Å². The van der Waals surface area contributed by atoms with E-state index in [9.17, 15) is 4.79 Å². The van der Waals surface area contributed by atoms with E-state index in [1.807, 2.05) is 11.9 Å². The molecule has 0 aromatic carbocycles. The third-order valence-electron chi connectivity index (χ3n) is 2.50. The van der Waals surface area contributed by atoms with Gasteiger partial charge in [-0.1, -0.05) is 6.92 Å². The lowest BCUT2D eigenvalue weighted by Crippen LogP contribution is -2.40. The smallest absolute Gasteiger partial charge is 0.236 e. The molecule has 0 aliphatic carbocycles. The van der Waals surface area contributed by atoms with E-state index in [-0.39, 0.29) is 5.91 Å². The predicted octanol–water partition coefficient (Wildman–Crippen LogP) is 0.607. The molecule has 1 aliphatic heterocycles. The number of carbonyl (C=O) groups is 1. The summed E-state index contributed by atoms with van der Waals surface area (Å²) < 4.78 is 0. The summed E-state index contributed by atoms with van der Waals surface area (Å²) in [6.07, 6.45) is 3.45. The topological polar surface area (TPSA) is 32.3 Å². The Morgan fingerprint density at radius 3 is 3.00 bits per heavy atom. The first kappa shape index (κ1) is 9.52. The van der Waals surface area contributed by atoms with Crippen molar-refractivity contribution in [3.05, 3.63) is 0 Å². The zero-order valence-electron chi connectivity index (χ0n) is 7.97. The SMILES string of the molecule is CCC1CCCN1C(=O)CNC. The van der Waals surface area contributed by atoms with Crippen LogP contribution in [0.5, 0.6) is 0 Å². The number of carbonyl (C=O) groups excluding carboxylic acids is 1. The quantitative estimate of drug-likeness (QED) is 0.673. The molecule has 0 radical (unpaired) electrons. The Hall–Kier alpha value is -0.570. The highest BCUT2D eigenvalue weighted by Gasteiger charge is 2.26. The first-order valence-electron chi connectivity index (χ1n) is 4.73. The average molecular weight is 170 g/mol. The van der Waals surface area contributed by atoms with Crippen molar-refractivity contribution in [3.63, 3.8) is 0 Å². The van der Waals surface area contributed by atoms with E-state index >= 15 is 0 Å². The molecule has 1 N–H and O–H groups in total. The van der Waals surface area contributed by atoms with Crippen LogP contribution in [-0.2, 0) is 4.79 Å². The Bertz CT molecular complexity index is 159. The molecule has 0 bridgehead atoms. The highest BCUT2D eigenvalue weighted by atomic mass is 16.2. The van der Waals surface area contributed by atoms with Crippen molar-refractivity contribution >= 4 is 5.91 Å². The van der Waals surface area contributed by atoms with Gasteiger partial charge in [-0.25, -0.2) is 0 Å². The highest BCUT2D eigenvalue weighted by Crippen LogP contribution is 2.19. The monoisotopic (exact) mass is 170 g/mol. The zero-order chi connectivity index (χ0) is 8.97. The van der Waals surface area contributed by atoms with E-state index in [2.05, 4.69) is 12.2 Å². The summed E-state index contributed by atoms with van der Waals surface area (Å²) in [5.74, 6) is 0.252. The minimum atomic E-state index is 0.252. The maximum Gasteiger partial charge on any atom is 0.236 e. The number of amides is 1. The van der Waals surface area contributed by atoms with E-state index in [0.717, 1.165) is 13.0 Å². The normalized spacial score (nSPS) is 23.2. The number of nitrogens with one attached hydrogen (secondary N) is 1. The van der Waals surface area contributed by atoms with E-state index in [4.69, 9.17) is 0 Å². The number of hydrogen-bond acceptors (Lipinski definition) is 2. The van der Waals surface area contributed by atoms with Gasteiger partial charge in [-0.2, -0.15) is 0 Å². The first-order valence-corrected chi connectivity index (χ1v) is 4.73. The van der Waals surface area contributed by atoms with Crippen molar-refractivity contribution in [1.29, 1.82) is 0 Å². The van der Waals surface area contributed by atoms with Crippen molar-refractivity contribution in [2.24, 2.45) is 0 Å². The Labute approximate surface area is 74.1 Å². The molecule has 0 aromatic rings. The highest BCUT2D eigenvalue weighted by molar-refractivity contribution is 5.78. The lowest BCUT2D eigenvalue weighted by atomic mass is 10.2. The summed E-state index contributed by atoms with van der Waals surface area (Å²) in [6, 6.07) is 0.505. The van der Waals surface area contributed by atoms with Gasteiger partial charge in [0, 0.05) is 12.6 Å². The molecule has 1 atom stereocenters. The molecule has 3 heteroatoms. The van der Waals surface area contributed by atoms with E-state index < -0.39 is 0 Å². The van der Waals surface area contributed by atoms with Gasteiger partial charge in [0.15, 0.2) is 0 Å². The van der Waals surface area contributed by atoms with Crippen LogP contribution in [0.1, 0.15) is 26.2 Å². The Balaban J connectivity index is 2.43. The molecule has 0 spiro atoms. The molecular weight excluding hydrogens is 152 g/mol. The number of nitrogens with zero attached hydrogens (tertiary/aromatic N) is 1. The fraction of sp³-hybridized carbons (Fsp3) is 0.889. The van der Waals surface area contributed by atoms with Crippen LogP contribution in [-0.4, -0.2) is 37.0 Å². The maximum atomic E-state index is 11.5. The van der Waals surface area contributed by atoms with Crippen molar-refractivity contribution in [3.8, 4) is 0 Å². The molecule has 0 saturated carbocycles. The second-order valence-corrected chi connectivity index (χ2v) is 3.32. The molecule has 0 aromatic heterocycles. The minimum absolute atomic E-state index is 0.252. The molecule has 12 heavy (non-hydrogen) atoms. The second kappa shape index (κ2) is 4.45. The Morgan fingerprint density at radius 1 is 1.67 bits per heavy atom. The van der Waals surface area contributed by atoms with Crippen LogP contribution in [0.4, 0.5) is 0 Å². The van der Waals surface area contributed by atoms with Gasteiger partial charge >= 0.3 is 0 Å². The van der Waals surface area contributed by atoms with Crippen molar-refractivity contribution in [2.45, 2.75) is 32.2 Å². The standard InChI is InChI=1S/C9H18N2O/c1-3-8-5-4-6-11(8)9(12)7-10-2/h8,10H,3-7H2,1-2H3. The van der Waals surface area contributed by atoms with Crippen LogP contribution in [0.3, 0.4) is 0 Å². The lowest BCUT2D eigenvalue weighted by Gasteiger charge is -2.23. The number of rotatable bonds is 3. The number of hydrogen-bond donors (Lipinski definition) is 1.